The normalized spacial score (nSPS) is 19.1. The van der Waals surface area contributed by atoms with Gasteiger partial charge in [-0.05, 0) is 25.0 Å². The lowest BCUT2D eigenvalue weighted by Gasteiger charge is -2.24. The van der Waals surface area contributed by atoms with Crippen LogP contribution in [0.25, 0.3) is 0 Å². The van der Waals surface area contributed by atoms with Gasteiger partial charge in [-0.3, -0.25) is 14.5 Å². The third kappa shape index (κ3) is 2.82. The van der Waals surface area contributed by atoms with Crippen LogP contribution in [-0.4, -0.2) is 28.0 Å². The maximum absolute atomic E-state index is 12.4. The predicted molar refractivity (Wildman–Crippen MR) is 81.3 cm³/mol. The molecule has 2 rings (SSSR count). The number of thioether (sulfide) groups is 1. The summed E-state index contributed by atoms with van der Waals surface area (Å²) in [5.74, 6) is -0.132. The minimum absolute atomic E-state index is 0.0220. The van der Waals surface area contributed by atoms with Crippen molar-refractivity contribution in [1.82, 2.24) is 4.90 Å². The fourth-order valence-corrected chi connectivity index (χ4v) is 3.60. The van der Waals surface area contributed by atoms with Crippen LogP contribution in [0.15, 0.2) is 29.2 Å². The van der Waals surface area contributed by atoms with Gasteiger partial charge < -0.3 is 5.73 Å². The largest absolute Gasteiger partial charge is 0.398 e. The molecule has 2 amide bonds. The summed E-state index contributed by atoms with van der Waals surface area (Å²) in [6.45, 7) is 4.01. The summed E-state index contributed by atoms with van der Waals surface area (Å²) in [6, 6.07) is 7.46. The number of amides is 2. The fourth-order valence-electron chi connectivity index (χ4n) is 2.49. The highest BCUT2D eigenvalue weighted by Crippen LogP contribution is 2.35. The van der Waals surface area contributed by atoms with Gasteiger partial charge in [0, 0.05) is 23.0 Å². The third-order valence-corrected chi connectivity index (χ3v) is 4.92. The third-order valence-electron chi connectivity index (χ3n) is 3.64. The highest BCUT2D eigenvalue weighted by molar-refractivity contribution is 8.00. The number of hydrogen-bond donors (Lipinski definition) is 1. The molecule has 1 fully saturated rings. The van der Waals surface area contributed by atoms with E-state index >= 15 is 0 Å². The van der Waals surface area contributed by atoms with Gasteiger partial charge in [0.2, 0.25) is 11.8 Å². The molecule has 0 aliphatic carbocycles. The first-order valence-corrected chi connectivity index (χ1v) is 7.83. The molecule has 20 heavy (non-hydrogen) atoms. The van der Waals surface area contributed by atoms with Crippen molar-refractivity contribution in [3.63, 3.8) is 0 Å². The first-order valence-electron chi connectivity index (χ1n) is 6.95. The first-order chi connectivity index (χ1) is 9.58. The number of anilines is 1. The molecule has 1 aromatic rings. The van der Waals surface area contributed by atoms with E-state index in [1.54, 1.807) is 0 Å². The molecule has 1 saturated heterocycles. The lowest BCUT2D eigenvalue weighted by Crippen LogP contribution is -2.40. The van der Waals surface area contributed by atoms with Crippen molar-refractivity contribution in [2.45, 2.75) is 49.3 Å². The second-order valence-corrected chi connectivity index (χ2v) is 6.17. The minimum atomic E-state index is -0.340. The van der Waals surface area contributed by atoms with Gasteiger partial charge >= 0.3 is 0 Å². The van der Waals surface area contributed by atoms with Crippen molar-refractivity contribution >= 4 is 29.3 Å². The van der Waals surface area contributed by atoms with Crippen LogP contribution >= 0.6 is 11.8 Å². The van der Waals surface area contributed by atoms with Crippen molar-refractivity contribution in [1.29, 1.82) is 0 Å². The van der Waals surface area contributed by atoms with E-state index in [4.69, 9.17) is 5.73 Å². The molecule has 1 aliphatic heterocycles. The van der Waals surface area contributed by atoms with Gasteiger partial charge in [-0.2, -0.15) is 0 Å². The van der Waals surface area contributed by atoms with Crippen molar-refractivity contribution in [3.05, 3.63) is 24.3 Å². The van der Waals surface area contributed by atoms with Crippen LogP contribution in [0.4, 0.5) is 5.69 Å². The molecule has 1 atom stereocenters. The number of benzene rings is 1. The lowest BCUT2D eigenvalue weighted by atomic mass is 10.1. The Hall–Kier alpha value is -1.49. The number of hydrogen-bond acceptors (Lipinski definition) is 4. The summed E-state index contributed by atoms with van der Waals surface area (Å²) in [6.07, 6.45) is 1.88. The number of carbonyl (C=O) groups is 2. The monoisotopic (exact) mass is 292 g/mol. The van der Waals surface area contributed by atoms with E-state index in [1.165, 1.54) is 16.7 Å². The van der Waals surface area contributed by atoms with Crippen LogP contribution in [0.2, 0.25) is 0 Å². The topological polar surface area (TPSA) is 63.4 Å². The molecule has 1 aliphatic rings. The second kappa shape index (κ2) is 6.31. The summed E-state index contributed by atoms with van der Waals surface area (Å²) < 4.78 is 0. The van der Waals surface area contributed by atoms with Gasteiger partial charge in [0.05, 0.1) is 5.25 Å². The van der Waals surface area contributed by atoms with Crippen molar-refractivity contribution < 1.29 is 9.59 Å². The Kier molecular flexibility index (Phi) is 4.70. The highest BCUT2D eigenvalue weighted by Gasteiger charge is 2.41. The second-order valence-electron chi connectivity index (χ2n) is 4.92. The van der Waals surface area contributed by atoms with Crippen LogP contribution in [-0.2, 0) is 9.59 Å². The molecule has 0 bridgehead atoms. The van der Waals surface area contributed by atoms with E-state index in [9.17, 15) is 9.59 Å². The molecule has 2 N–H and O–H groups in total. The molecule has 1 unspecified atom stereocenters. The minimum Gasteiger partial charge on any atom is -0.398 e. The van der Waals surface area contributed by atoms with Gasteiger partial charge in [0.25, 0.3) is 0 Å². The summed E-state index contributed by atoms with van der Waals surface area (Å²) in [4.78, 5) is 26.8. The SMILES string of the molecule is CCC(CC)N1C(=O)CC(Sc2ccccc2N)C1=O. The van der Waals surface area contributed by atoms with Crippen LogP contribution in [0.5, 0.6) is 0 Å². The Morgan fingerprint density at radius 3 is 2.55 bits per heavy atom. The van der Waals surface area contributed by atoms with E-state index in [0.717, 1.165) is 17.7 Å². The van der Waals surface area contributed by atoms with Gasteiger partial charge in [-0.25, -0.2) is 0 Å². The van der Waals surface area contributed by atoms with Gasteiger partial charge in [0.1, 0.15) is 0 Å². The number of rotatable bonds is 5. The number of likely N-dealkylation sites (tertiary alicyclic amines) is 1. The fraction of sp³-hybridized carbons (Fsp3) is 0.467. The molecule has 108 valence electrons. The van der Waals surface area contributed by atoms with E-state index in [-0.39, 0.29) is 29.5 Å². The quantitative estimate of drug-likeness (QED) is 0.669. The molecule has 4 nitrogen and oxygen atoms in total. The lowest BCUT2D eigenvalue weighted by molar-refractivity contribution is -0.141. The Morgan fingerprint density at radius 2 is 1.95 bits per heavy atom. The van der Waals surface area contributed by atoms with Crippen LogP contribution in [0.1, 0.15) is 33.1 Å². The van der Waals surface area contributed by atoms with Gasteiger partial charge in [-0.15, -0.1) is 11.8 Å². The van der Waals surface area contributed by atoms with Crippen molar-refractivity contribution in [2.24, 2.45) is 0 Å². The molecule has 0 saturated carbocycles. The first kappa shape index (κ1) is 14.9. The molecule has 5 heteroatoms. The average Bonchev–Trinajstić information content (AvgIpc) is 2.71. The van der Waals surface area contributed by atoms with Crippen LogP contribution < -0.4 is 5.73 Å². The maximum Gasteiger partial charge on any atom is 0.243 e. The van der Waals surface area contributed by atoms with E-state index in [1.807, 2.05) is 38.1 Å². The number of nitrogens with zero attached hydrogens (tertiary/aromatic N) is 1. The molecule has 1 aromatic carbocycles. The summed E-state index contributed by atoms with van der Waals surface area (Å²) in [7, 11) is 0. The molecule has 0 spiro atoms. The zero-order valence-corrected chi connectivity index (χ0v) is 12.7. The predicted octanol–water partition coefficient (Wildman–Crippen LogP) is 2.68. The number of carbonyl (C=O) groups excluding carboxylic acids is 2. The van der Waals surface area contributed by atoms with Crippen LogP contribution in [0.3, 0.4) is 0 Å². The molecular weight excluding hydrogens is 272 g/mol. The Bertz CT molecular complexity index is 514. The summed E-state index contributed by atoms with van der Waals surface area (Å²) in [5.41, 5.74) is 6.55. The number of imide groups is 1. The smallest absolute Gasteiger partial charge is 0.243 e. The van der Waals surface area contributed by atoms with Gasteiger partial charge in [-0.1, -0.05) is 26.0 Å². The zero-order chi connectivity index (χ0) is 14.7. The average molecular weight is 292 g/mol. The zero-order valence-electron chi connectivity index (χ0n) is 11.8. The summed E-state index contributed by atoms with van der Waals surface area (Å²) >= 11 is 1.39. The Balaban J connectivity index is 2.14. The Labute approximate surface area is 123 Å². The molecule has 0 aromatic heterocycles. The summed E-state index contributed by atoms with van der Waals surface area (Å²) in [5, 5.41) is -0.340. The number of nitrogen functional groups attached to an aromatic ring is 1. The molecule has 0 radical (unpaired) electrons. The number of para-hydroxylation sites is 1. The van der Waals surface area contributed by atoms with E-state index < -0.39 is 0 Å². The van der Waals surface area contributed by atoms with Crippen molar-refractivity contribution in [2.75, 3.05) is 5.73 Å². The molecule has 1 heterocycles. The molecular formula is C15H20N2O2S. The van der Waals surface area contributed by atoms with E-state index in [0.29, 0.717) is 5.69 Å². The maximum atomic E-state index is 12.4. The van der Waals surface area contributed by atoms with Gasteiger partial charge in [0.15, 0.2) is 0 Å². The standard InChI is InChI=1S/C15H20N2O2S/c1-3-10(4-2)17-14(18)9-13(15(17)19)20-12-8-6-5-7-11(12)16/h5-8,10,13H,3-4,9,16H2,1-2H3. The number of nitrogens with two attached hydrogens (primary N) is 1. The Morgan fingerprint density at radius 1 is 1.30 bits per heavy atom. The highest BCUT2D eigenvalue weighted by atomic mass is 32.2. The van der Waals surface area contributed by atoms with Crippen molar-refractivity contribution in [3.8, 4) is 0 Å². The van der Waals surface area contributed by atoms with E-state index in [2.05, 4.69) is 0 Å². The van der Waals surface area contributed by atoms with Crippen LogP contribution in [0, 0.1) is 0 Å².